The fourth-order valence-corrected chi connectivity index (χ4v) is 12.2. The Bertz CT molecular complexity index is 1970. The van der Waals surface area contributed by atoms with Crippen molar-refractivity contribution in [1.82, 2.24) is 25.8 Å². The van der Waals surface area contributed by atoms with Crippen LogP contribution in [0.5, 0.6) is 0 Å². The second kappa shape index (κ2) is 20.4. The number of hydrogen-bond acceptors (Lipinski definition) is 13. The van der Waals surface area contributed by atoms with E-state index >= 15 is 0 Å². The zero-order chi connectivity index (χ0) is 45.8. The highest BCUT2D eigenvalue weighted by atomic mass is 32.1. The maximum atomic E-state index is 14.0. The lowest BCUT2D eigenvalue weighted by molar-refractivity contribution is -0.393. The van der Waals surface area contributed by atoms with Gasteiger partial charge in [-0.3, -0.25) is 19.2 Å². The van der Waals surface area contributed by atoms with Gasteiger partial charge in [-0.05, 0) is 74.3 Å². The van der Waals surface area contributed by atoms with Gasteiger partial charge in [0.2, 0.25) is 35.2 Å². The summed E-state index contributed by atoms with van der Waals surface area (Å²) in [6.45, 7) is 10.1. The summed E-state index contributed by atoms with van der Waals surface area (Å²) in [6, 6.07) is 6.10. The number of aliphatic hydroxyl groups excluding tert-OH is 1. The number of likely N-dealkylation sites (tertiary alicyclic amines) is 1. The number of aliphatic hydroxyl groups is 1. The van der Waals surface area contributed by atoms with E-state index in [0.29, 0.717) is 38.9 Å². The van der Waals surface area contributed by atoms with Crippen LogP contribution in [0.2, 0.25) is 0 Å². The minimum atomic E-state index is -0.925. The Hall–Kier alpha value is -3.55. The molecular formula is C48H69N5O11S. The van der Waals surface area contributed by atoms with Crippen LogP contribution in [0.15, 0.2) is 29.8 Å². The van der Waals surface area contributed by atoms with E-state index in [1.807, 2.05) is 57.5 Å². The molecule has 5 aliphatic carbocycles. The van der Waals surface area contributed by atoms with Crippen molar-refractivity contribution in [1.29, 1.82) is 0 Å². The molecule has 2 spiro atoms. The molecule has 4 N–H and O–H groups in total. The Morgan fingerprint density at radius 3 is 2.23 bits per heavy atom. The molecule has 7 fully saturated rings. The van der Waals surface area contributed by atoms with Crippen LogP contribution >= 0.6 is 11.3 Å². The van der Waals surface area contributed by atoms with Gasteiger partial charge in [0.25, 0.3) is 0 Å². The Labute approximate surface area is 386 Å². The summed E-state index contributed by atoms with van der Waals surface area (Å²) in [6.07, 6.45) is 8.93. The first kappa shape index (κ1) is 47.9. The number of aromatic nitrogens is 1. The first-order valence-corrected chi connectivity index (χ1v) is 24.7. The largest absolute Gasteiger partial charge is 0.391 e. The van der Waals surface area contributed by atoms with Crippen LogP contribution in [0.25, 0.3) is 10.4 Å². The van der Waals surface area contributed by atoms with Gasteiger partial charge in [0, 0.05) is 57.2 Å². The van der Waals surface area contributed by atoms with Crippen LogP contribution < -0.4 is 16.0 Å². The SMILES string of the molecule is Cc1ncsc1-c1ccc(CNC(=O)C2CC(O)CN2C(=O)C(NC(=O)CCOCCOCCOCCNC(=O)C23CC4CC(C2)C2(OOC5(CCCCC5)O2)C(C4)C3)C(C)(C)C)cc1. The summed E-state index contributed by atoms with van der Waals surface area (Å²) >= 11 is 1.58. The minimum absolute atomic E-state index is 0.000687. The molecule has 4 amide bonds. The number of nitrogens with zero attached hydrogens (tertiary/aromatic N) is 2. The number of benzene rings is 1. The third-order valence-corrected chi connectivity index (χ3v) is 15.5. The predicted octanol–water partition coefficient (Wildman–Crippen LogP) is 4.94. The van der Waals surface area contributed by atoms with E-state index in [1.165, 1.54) is 11.3 Å². The molecule has 7 aliphatic rings. The van der Waals surface area contributed by atoms with Crippen molar-refractivity contribution in [3.8, 4) is 10.4 Å². The van der Waals surface area contributed by atoms with Crippen LogP contribution in [0.3, 0.4) is 0 Å². The van der Waals surface area contributed by atoms with Crippen molar-refractivity contribution < 1.29 is 53.0 Å². The number of carbonyl (C=O) groups is 4. The topological polar surface area (TPSA) is 196 Å². The molecule has 65 heavy (non-hydrogen) atoms. The van der Waals surface area contributed by atoms with Crippen molar-refractivity contribution in [3.05, 3.63) is 41.0 Å². The number of rotatable bonds is 19. The highest BCUT2D eigenvalue weighted by molar-refractivity contribution is 7.13. The van der Waals surface area contributed by atoms with Crippen molar-refractivity contribution in [2.45, 2.75) is 141 Å². The van der Waals surface area contributed by atoms with Gasteiger partial charge in [0.05, 0.1) is 67.2 Å². The number of amides is 4. The number of carbonyl (C=O) groups excluding carboxylic acids is 4. The molecule has 5 saturated carbocycles. The van der Waals surface area contributed by atoms with E-state index in [1.54, 1.807) is 11.3 Å². The van der Waals surface area contributed by atoms with Gasteiger partial charge in [-0.1, -0.05) is 51.5 Å². The molecule has 9 rings (SSSR count). The van der Waals surface area contributed by atoms with Gasteiger partial charge in [0.1, 0.15) is 12.1 Å². The molecule has 358 valence electrons. The number of ether oxygens (including phenoxy) is 4. The molecule has 4 bridgehead atoms. The molecule has 1 aromatic heterocycles. The van der Waals surface area contributed by atoms with E-state index in [9.17, 15) is 24.3 Å². The fourth-order valence-electron chi connectivity index (χ4n) is 11.4. The maximum absolute atomic E-state index is 14.0. The zero-order valence-electron chi connectivity index (χ0n) is 38.5. The average Bonchev–Trinajstić information content (AvgIpc) is 4.00. The average molecular weight is 924 g/mol. The van der Waals surface area contributed by atoms with Gasteiger partial charge in [-0.2, -0.15) is 9.78 Å². The van der Waals surface area contributed by atoms with E-state index in [2.05, 4.69) is 20.9 Å². The lowest BCUT2D eigenvalue weighted by atomic mass is 9.47. The molecular weight excluding hydrogens is 855 g/mol. The van der Waals surface area contributed by atoms with E-state index < -0.39 is 41.1 Å². The summed E-state index contributed by atoms with van der Waals surface area (Å²) in [5.74, 6) is -1.49. The van der Waals surface area contributed by atoms with Crippen LogP contribution in [-0.4, -0.2) is 121 Å². The van der Waals surface area contributed by atoms with Gasteiger partial charge in [0.15, 0.2) is 0 Å². The molecule has 3 heterocycles. The standard InChI is InChI=1S/C48H69N5O11S/c1-31-40(65-30-51-31)34-10-8-32(9-11-34)28-50-42(56)38-24-37(54)29-53(38)43(57)41(45(2,3)4)52-39(55)12-16-59-18-20-61-21-19-60-17-15-49-44(58)46-25-33-22-35(26-46)48(36(23-33)27-46)62-47(63-64-48)13-6-5-7-14-47/h8-11,30,33,35-38,41,54H,5-7,12-29H2,1-4H3,(H,49,58)(H,50,56)(H,52,55). The number of nitrogens with one attached hydrogen (secondary N) is 3. The maximum Gasteiger partial charge on any atom is 0.246 e. The number of hydrogen-bond donors (Lipinski definition) is 4. The second-order valence-corrected chi connectivity index (χ2v) is 21.2. The lowest BCUT2D eigenvalue weighted by Gasteiger charge is -2.61. The van der Waals surface area contributed by atoms with Crippen molar-refractivity contribution in [2.75, 3.05) is 52.7 Å². The third-order valence-electron chi connectivity index (χ3n) is 14.6. The molecule has 2 saturated heterocycles. The molecule has 0 radical (unpaired) electrons. The van der Waals surface area contributed by atoms with Crippen molar-refractivity contribution in [3.63, 3.8) is 0 Å². The number of thiazole rings is 1. The molecule has 5 atom stereocenters. The van der Waals surface area contributed by atoms with E-state index in [4.69, 9.17) is 28.7 Å². The normalized spacial score (nSPS) is 29.4. The summed E-state index contributed by atoms with van der Waals surface area (Å²) in [5, 5.41) is 19.5. The first-order chi connectivity index (χ1) is 31.2. The number of β-amino-alcohol motifs (C(OH)–C–C–N with tert-alkyl or cyclic N) is 1. The summed E-state index contributed by atoms with van der Waals surface area (Å²) in [5.41, 5.74) is 3.68. The first-order valence-electron chi connectivity index (χ1n) is 23.8. The fraction of sp³-hybridized carbons (Fsp3) is 0.729. The highest BCUT2D eigenvalue weighted by Gasteiger charge is 2.71. The van der Waals surface area contributed by atoms with Gasteiger partial charge in [-0.15, -0.1) is 11.3 Å². The van der Waals surface area contributed by atoms with Crippen LogP contribution in [-0.2, 0) is 54.4 Å². The summed E-state index contributed by atoms with van der Waals surface area (Å²) in [4.78, 5) is 73.0. The lowest BCUT2D eigenvalue weighted by Crippen LogP contribution is -2.65. The summed E-state index contributed by atoms with van der Waals surface area (Å²) in [7, 11) is 0. The van der Waals surface area contributed by atoms with Crippen LogP contribution in [0, 0.1) is 35.5 Å². The van der Waals surface area contributed by atoms with E-state index in [0.717, 1.165) is 79.5 Å². The molecule has 1 aromatic carbocycles. The Balaban J connectivity index is 0.683. The van der Waals surface area contributed by atoms with Gasteiger partial charge in [-0.25, -0.2) is 4.98 Å². The van der Waals surface area contributed by atoms with Crippen LogP contribution in [0.4, 0.5) is 0 Å². The molecule has 2 aromatic rings. The number of aryl methyl sites for hydroxylation is 1. The van der Waals surface area contributed by atoms with Crippen molar-refractivity contribution in [2.24, 2.45) is 28.6 Å². The predicted molar refractivity (Wildman–Crippen MR) is 240 cm³/mol. The van der Waals surface area contributed by atoms with Crippen molar-refractivity contribution >= 4 is 35.0 Å². The highest BCUT2D eigenvalue weighted by Crippen LogP contribution is 2.67. The van der Waals surface area contributed by atoms with Crippen LogP contribution in [0.1, 0.15) is 109 Å². The monoisotopic (exact) mass is 923 g/mol. The third kappa shape index (κ3) is 10.8. The Morgan fingerprint density at radius 1 is 0.892 bits per heavy atom. The molecule has 5 unspecified atom stereocenters. The summed E-state index contributed by atoms with van der Waals surface area (Å²) < 4.78 is 23.8. The van der Waals surface area contributed by atoms with Gasteiger partial charge < -0.3 is 44.9 Å². The quantitative estimate of drug-likeness (QED) is 0.110. The smallest absolute Gasteiger partial charge is 0.246 e. The second-order valence-electron chi connectivity index (χ2n) is 20.4. The molecule has 17 heteroatoms. The zero-order valence-corrected chi connectivity index (χ0v) is 39.3. The Morgan fingerprint density at radius 2 is 1.57 bits per heavy atom. The van der Waals surface area contributed by atoms with Gasteiger partial charge >= 0.3 is 0 Å². The molecule has 2 aliphatic heterocycles. The minimum Gasteiger partial charge on any atom is -0.391 e. The molecule has 16 nitrogen and oxygen atoms in total. The van der Waals surface area contributed by atoms with E-state index in [-0.39, 0.29) is 74.1 Å². The Kier molecular flexibility index (Phi) is 15.0.